The van der Waals surface area contributed by atoms with Crippen molar-refractivity contribution >= 4 is 12.4 Å². The summed E-state index contributed by atoms with van der Waals surface area (Å²) in [5.41, 5.74) is 11.7. The predicted molar refractivity (Wildman–Crippen MR) is 123 cm³/mol. The zero-order valence-electron chi connectivity index (χ0n) is 17.9. The van der Waals surface area contributed by atoms with Crippen LogP contribution in [0.1, 0.15) is 39.2 Å². The Morgan fingerprint density at radius 3 is 2.55 bits per heavy atom. The summed E-state index contributed by atoms with van der Waals surface area (Å²) in [6.07, 6.45) is 6.61. The summed E-state index contributed by atoms with van der Waals surface area (Å²) in [6, 6.07) is 14.9. The molecule has 0 fully saturated rings. The van der Waals surface area contributed by atoms with E-state index in [1.165, 1.54) is 16.7 Å². The molecule has 3 nitrogen and oxygen atoms in total. The van der Waals surface area contributed by atoms with E-state index in [-0.39, 0.29) is 5.41 Å². The SMILES string of the molecule is C=NC1(C)CC(=C)[n+]2ccccc2-c2ccccc2CCC1(C)/C(C)=C/C(=C)N. The second-order valence-corrected chi connectivity index (χ2v) is 8.52. The molecule has 0 saturated heterocycles. The van der Waals surface area contributed by atoms with Gasteiger partial charge in [0.2, 0.25) is 5.69 Å². The van der Waals surface area contributed by atoms with Crippen molar-refractivity contribution < 1.29 is 4.57 Å². The van der Waals surface area contributed by atoms with E-state index in [9.17, 15) is 0 Å². The van der Waals surface area contributed by atoms with Gasteiger partial charge < -0.3 is 5.73 Å². The second-order valence-electron chi connectivity index (χ2n) is 8.52. The molecule has 1 aromatic heterocycles. The first-order chi connectivity index (χ1) is 13.7. The van der Waals surface area contributed by atoms with Crippen molar-refractivity contribution in [3.8, 4) is 11.3 Å². The number of aliphatic imine (C=N–C) groups is 1. The van der Waals surface area contributed by atoms with Crippen molar-refractivity contribution in [2.24, 2.45) is 16.1 Å². The third kappa shape index (κ3) is 3.69. The highest BCUT2D eigenvalue weighted by molar-refractivity contribution is 5.62. The Kier molecular flexibility index (Phi) is 5.61. The van der Waals surface area contributed by atoms with Crippen LogP contribution in [-0.2, 0) is 6.42 Å². The monoisotopic (exact) mass is 386 g/mol. The van der Waals surface area contributed by atoms with Gasteiger partial charge in [-0.1, -0.05) is 37.3 Å². The average Bonchev–Trinajstić information content (AvgIpc) is 2.70. The molecule has 0 bridgehead atoms. The number of allylic oxidation sites excluding steroid dienone is 1. The van der Waals surface area contributed by atoms with Crippen molar-refractivity contribution in [2.45, 2.75) is 45.6 Å². The highest BCUT2D eigenvalue weighted by Gasteiger charge is 2.47. The second kappa shape index (κ2) is 7.82. The summed E-state index contributed by atoms with van der Waals surface area (Å²) >= 11 is 0. The molecule has 2 unspecified atom stereocenters. The van der Waals surface area contributed by atoms with Gasteiger partial charge in [0, 0.05) is 28.8 Å². The molecule has 2 atom stereocenters. The zero-order valence-corrected chi connectivity index (χ0v) is 17.9. The molecular weight excluding hydrogens is 354 g/mol. The number of nitrogens with zero attached hydrogens (tertiary/aromatic N) is 2. The number of aryl methyl sites for hydroxylation is 1. The molecule has 0 spiro atoms. The molecule has 0 radical (unpaired) electrons. The summed E-state index contributed by atoms with van der Waals surface area (Å²) < 4.78 is 2.19. The molecular formula is C26H32N3+. The highest BCUT2D eigenvalue weighted by Crippen LogP contribution is 2.48. The minimum Gasteiger partial charge on any atom is -0.399 e. The molecule has 0 amide bonds. The number of fused-ring (bicyclic) bond motifs is 3. The van der Waals surface area contributed by atoms with Crippen molar-refractivity contribution in [1.29, 1.82) is 0 Å². The van der Waals surface area contributed by atoms with Crippen LogP contribution in [0.4, 0.5) is 0 Å². The number of hydrogen-bond acceptors (Lipinski definition) is 2. The molecule has 1 aliphatic heterocycles. The summed E-state index contributed by atoms with van der Waals surface area (Å²) in [6.45, 7) is 18.9. The topological polar surface area (TPSA) is 42.3 Å². The van der Waals surface area contributed by atoms with E-state index in [0.717, 1.165) is 24.2 Å². The van der Waals surface area contributed by atoms with Crippen LogP contribution < -0.4 is 10.3 Å². The molecule has 2 N–H and O–H groups in total. The van der Waals surface area contributed by atoms with Crippen molar-refractivity contribution in [3.05, 3.63) is 84.7 Å². The smallest absolute Gasteiger partial charge is 0.218 e. The van der Waals surface area contributed by atoms with Crippen LogP contribution in [0.25, 0.3) is 17.0 Å². The average molecular weight is 387 g/mol. The van der Waals surface area contributed by atoms with E-state index in [1.807, 2.05) is 12.1 Å². The van der Waals surface area contributed by atoms with Crippen LogP contribution in [-0.4, -0.2) is 12.3 Å². The minimum atomic E-state index is -0.438. The van der Waals surface area contributed by atoms with Crippen LogP contribution >= 0.6 is 0 Å². The molecule has 2 heterocycles. The first-order valence-electron chi connectivity index (χ1n) is 10.1. The van der Waals surface area contributed by atoms with Gasteiger partial charge >= 0.3 is 0 Å². The number of pyridine rings is 1. The largest absolute Gasteiger partial charge is 0.399 e. The summed E-state index contributed by atoms with van der Waals surface area (Å²) in [7, 11) is 0. The van der Waals surface area contributed by atoms with E-state index in [4.69, 9.17) is 5.73 Å². The van der Waals surface area contributed by atoms with Crippen molar-refractivity contribution in [3.63, 3.8) is 0 Å². The van der Waals surface area contributed by atoms with Crippen LogP contribution in [0.2, 0.25) is 0 Å². The number of aromatic nitrogens is 1. The lowest BCUT2D eigenvalue weighted by molar-refractivity contribution is -0.571. The summed E-state index contributed by atoms with van der Waals surface area (Å²) in [5.74, 6) is 0. The van der Waals surface area contributed by atoms with E-state index in [1.54, 1.807) is 0 Å². The number of rotatable bonds is 3. The third-order valence-corrected chi connectivity index (χ3v) is 6.75. The highest BCUT2D eigenvalue weighted by atomic mass is 15.0. The normalized spacial score (nSPS) is 24.9. The van der Waals surface area contributed by atoms with Crippen LogP contribution in [0, 0.1) is 5.41 Å². The maximum absolute atomic E-state index is 5.94. The van der Waals surface area contributed by atoms with Crippen LogP contribution in [0.15, 0.2) is 84.2 Å². The molecule has 150 valence electrons. The minimum absolute atomic E-state index is 0.250. The fraction of sp³-hybridized carbons (Fsp3) is 0.308. The number of benzene rings is 1. The molecule has 3 rings (SSSR count). The van der Waals surface area contributed by atoms with Gasteiger partial charge in [-0.2, -0.15) is 4.57 Å². The van der Waals surface area contributed by atoms with Gasteiger partial charge in [-0.15, -0.1) is 0 Å². The lowest BCUT2D eigenvalue weighted by atomic mass is 9.62. The maximum Gasteiger partial charge on any atom is 0.218 e. The van der Waals surface area contributed by atoms with Gasteiger partial charge in [0.05, 0.1) is 12.0 Å². The van der Waals surface area contributed by atoms with E-state index in [0.29, 0.717) is 12.1 Å². The first-order valence-corrected chi connectivity index (χ1v) is 10.1. The Morgan fingerprint density at radius 2 is 1.86 bits per heavy atom. The fourth-order valence-electron chi connectivity index (χ4n) is 4.55. The lowest BCUT2D eigenvalue weighted by Gasteiger charge is -2.45. The Bertz CT molecular complexity index is 1000. The quantitative estimate of drug-likeness (QED) is 0.432. The van der Waals surface area contributed by atoms with Crippen molar-refractivity contribution in [2.75, 3.05) is 0 Å². The molecule has 1 aromatic carbocycles. The van der Waals surface area contributed by atoms with E-state index < -0.39 is 5.54 Å². The van der Waals surface area contributed by atoms with Gasteiger partial charge in [-0.3, -0.25) is 4.99 Å². The maximum atomic E-state index is 5.94. The van der Waals surface area contributed by atoms with E-state index in [2.05, 4.69) is 92.8 Å². The van der Waals surface area contributed by atoms with Crippen molar-refractivity contribution in [1.82, 2.24) is 0 Å². The first kappa shape index (κ1) is 20.8. The third-order valence-electron chi connectivity index (χ3n) is 6.75. The summed E-state index contributed by atoms with van der Waals surface area (Å²) in [5, 5.41) is 0. The Balaban J connectivity index is 2.25. The standard InChI is InChI=1S/C26H32N3/c1-19(17-20(2)27)25(4)15-14-22-11-7-8-12-23(22)24-13-9-10-16-29(24)21(3)18-26(25,5)28-6/h7-13,16-17H,2-3,6,14-15,18,27H2,1,4-5H3/q+1/b19-17+. The fourth-order valence-corrected chi connectivity index (χ4v) is 4.55. The van der Waals surface area contributed by atoms with Gasteiger partial charge in [-0.25, -0.2) is 0 Å². The van der Waals surface area contributed by atoms with Gasteiger partial charge in [0.1, 0.15) is 0 Å². The summed E-state index contributed by atoms with van der Waals surface area (Å²) in [4.78, 5) is 4.68. The van der Waals surface area contributed by atoms with Gasteiger partial charge in [0.15, 0.2) is 11.9 Å². The number of nitrogens with two attached hydrogens (primary N) is 1. The molecule has 2 aromatic rings. The predicted octanol–water partition coefficient (Wildman–Crippen LogP) is 5.33. The van der Waals surface area contributed by atoms with Gasteiger partial charge in [-0.05, 0) is 63.8 Å². The van der Waals surface area contributed by atoms with Gasteiger partial charge in [0.25, 0.3) is 0 Å². The molecule has 3 heteroatoms. The molecule has 0 aliphatic carbocycles. The van der Waals surface area contributed by atoms with Crippen LogP contribution in [0.3, 0.4) is 0 Å². The Labute approximate surface area is 175 Å². The zero-order chi connectivity index (χ0) is 21.2. The molecule has 29 heavy (non-hydrogen) atoms. The molecule has 0 saturated carbocycles. The van der Waals surface area contributed by atoms with E-state index >= 15 is 0 Å². The molecule has 1 aliphatic rings. The Hall–Kier alpha value is -2.94. The Morgan fingerprint density at radius 1 is 1.17 bits per heavy atom. The number of hydrogen-bond donors (Lipinski definition) is 1. The lowest BCUT2D eigenvalue weighted by Crippen LogP contribution is -2.47. The van der Waals surface area contributed by atoms with Crippen LogP contribution in [0.5, 0.6) is 0 Å².